The Hall–Kier alpha value is -5.02. The Morgan fingerprint density at radius 2 is 1.11 bits per heavy atom. The van der Waals surface area contributed by atoms with Crippen molar-refractivity contribution in [1.29, 1.82) is 0 Å². The fourth-order valence-corrected chi connectivity index (χ4v) is 9.68. The summed E-state index contributed by atoms with van der Waals surface area (Å²) in [5.74, 6) is 0.519. The third-order valence-corrected chi connectivity index (χ3v) is 12.8. The van der Waals surface area contributed by atoms with E-state index in [-0.39, 0.29) is 17.5 Å². The summed E-state index contributed by atoms with van der Waals surface area (Å²) in [4.78, 5) is 5.31. The van der Waals surface area contributed by atoms with Crippen LogP contribution in [0.3, 0.4) is 0 Å². The van der Waals surface area contributed by atoms with Gasteiger partial charge in [-0.2, -0.15) is 0 Å². The highest BCUT2D eigenvalue weighted by molar-refractivity contribution is 7.00. The van der Waals surface area contributed by atoms with Gasteiger partial charge in [-0.3, -0.25) is 0 Å². The van der Waals surface area contributed by atoms with E-state index in [1.165, 1.54) is 109 Å². The van der Waals surface area contributed by atoms with Gasteiger partial charge in [0.25, 0.3) is 6.71 Å². The smallest absolute Gasteiger partial charge is 0.252 e. The highest BCUT2D eigenvalue weighted by Gasteiger charge is 2.44. The summed E-state index contributed by atoms with van der Waals surface area (Å²) in [5.41, 5.74) is 20.3. The van der Waals surface area contributed by atoms with Crippen LogP contribution in [-0.2, 0) is 10.8 Å². The zero-order chi connectivity index (χ0) is 38.2. The Bertz CT molecular complexity index is 2390. The van der Waals surface area contributed by atoms with Crippen LogP contribution in [0.15, 0.2) is 127 Å². The fraction of sp³-hybridized carbons (Fsp3) is 0.308. The Morgan fingerprint density at radius 1 is 0.527 bits per heavy atom. The normalized spacial score (nSPS) is 17.8. The molecule has 276 valence electrons. The first-order valence-electron chi connectivity index (χ1n) is 20.7. The summed E-state index contributed by atoms with van der Waals surface area (Å²) >= 11 is 0. The lowest BCUT2D eigenvalue weighted by Gasteiger charge is -2.46. The third kappa shape index (κ3) is 6.11. The van der Waals surface area contributed by atoms with E-state index in [0.717, 1.165) is 0 Å². The maximum Gasteiger partial charge on any atom is 0.252 e. The molecular weight excluding hydrogens is 663 g/mol. The van der Waals surface area contributed by atoms with E-state index in [9.17, 15) is 0 Å². The lowest BCUT2D eigenvalue weighted by atomic mass is 9.33. The molecule has 6 aromatic rings. The maximum atomic E-state index is 2.74. The van der Waals surface area contributed by atoms with Gasteiger partial charge >= 0.3 is 0 Å². The molecule has 0 aromatic heterocycles. The first-order chi connectivity index (χ1) is 26.4. The summed E-state index contributed by atoms with van der Waals surface area (Å²) < 4.78 is 0. The van der Waals surface area contributed by atoms with E-state index in [0.29, 0.717) is 12.0 Å². The zero-order valence-corrected chi connectivity index (χ0v) is 34.1. The Labute approximate surface area is 330 Å². The molecule has 1 unspecified atom stereocenters. The SMILES string of the molecule is CC1CCCC[C@@H](C)c2cccc3c2N1c1cccc2c1B3c1ccc(-c3ccc(C(C)(C)C)cc3)cc1N2c1cccc(-c2ccc(C(C)(C)C)cc2)c1. The lowest BCUT2D eigenvalue weighted by molar-refractivity contribution is 0.559. The first-order valence-corrected chi connectivity index (χ1v) is 20.7. The first kappa shape index (κ1) is 35.7. The number of fused-ring (bicyclic) bond motifs is 4. The average molecular weight is 719 g/mol. The fourth-order valence-electron chi connectivity index (χ4n) is 9.68. The zero-order valence-electron chi connectivity index (χ0n) is 34.1. The number of benzene rings is 6. The van der Waals surface area contributed by atoms with Crippen LogP contribution in [0.4, 0.5) is 28.4 Å². The van der Waals surface area contributed by atoms with Crippen LogP contribution in [0.2, 0.25) is 0 Å². The molecule has 55 heavy (non-hydrogen) atoms. The molecule has 2 nitrogen and oxygen atoms in total. The molecule has 3 aliphatic heterocycles. The molecule has 0 saturated heterocycles. The van der Waals surface area contributed by atoms with Crippen LogP contribution in [0, 0.1) is 0 Å². The minimum absolute atomic E-state index is 0.111. The number of rotatable bonds is 3. The number of para-hydroxylation sites is 1. The van der Waals surface area contributed by atoms with Crippen LogP contribution >= 0.6 is 0 Å². The minimum Gasteiger partial charge on any atom is -0.339 e. The number of hydrogen-bond acceptors (Lipinski definition) is 2. The summed E-state index contributed by atoms with van der Waals surface area (Å²) in [5, 5.41) is 0. The van der Waals surface area contributed by atoms with Gasteiger partial charge in [-0.25, -0.2) is 0 Å². The summed E-state index contributed by atoms with van der Waals surface area (Å²) in [7, 11) is 0. The standard InChI is InChI=1S/C52H55BN2/c1-34-14-9-10-15-35(2)54-46-20-13-21-47-49(46)53(45-19-12-18-43(34)50(45)54)44-31-26-39(37-24-29-41(30-25-37)52(6,7)8)33-48(44)55(47)42-17-11-16-38(32-42)36-22-27-40(28-23-36)51(3,4)5/h11-13,16-35H,9-10,14-15H2,1-8H3/t34-,35?/m1/s1. The van der Waals surface area contributed by atoms with E-state index in [1.807, 2.05) is 0 Å². The molecule has 0 saturated carbocycles. The van der Waals surface area contributed by atoms with Crippen molar-refractivity contribution in [2.75, 3.05) is 9.80 Å². The van der Waals surface area contributed by atoms with Gasteiger partial charge < -0.3 is 9.80 Å². The van der Waals surface area contributed by atoms with Crippen molar-refractivity contribution >= 4 is 51.5 Å². The molecule has 9 rings (SSSR count). The summed E-state index contributed by atoms with van der Waals surface area (Å²) in [6.07, 6.45) is 4.99. The topological polar surface area (TPSA) is 6.48 Å². The van der Waals surface area contributed by atoms with Gasteiger partial charge in [0.2, 0.25) is 0 Å². The second kappa shape index (κ2) is 13.3. The maximum absolute atomic E-state index is 2.74. The summed E-state index contributed by atoms with van der Waals surface area (Å²) in [6, 6.07) is 49.6. The van der Waals surface area contributed by atoms with Crippen molar-refractivity contribution in [3.05, 3.63) is 144 Å². The quantitative estimate of drug-likeness (QED) is 0.168. The molecule has 0 N–H and O–H groups in total. The van der Waals surface area contributed by atoms with Crippen molar-refractivity contribution in [2.45, 2.75) is 104 Å². The lowest BCUT2D eigenvalue weighted by Crippen LogP contribution is -2.62. The molecule has 0 bridgehead atoms. The van der Waals surface area contributed by atoms with Gasteiger partial charge in [0.05, 0.1) is 0 Å². The van der Waals surface area contributed by atoms with Gasteiger partial charge in [-0.1, -0.05) is 158 Å². The van der Waals surface area contributed by atoms with E-state index in [4.69, 9.17) is 0 Å². The van der Waals surface area contributed by atoms with Crippen molar-refractivity contribution in [3.63, 3.8) is 0 Å². The summed E-state index contributed by atoms with van der Waals surface area (Å²) in [6.45, 7) is 18.8. The van der Waals surface area contributed by atoms with Crippen molar-refractivity contribution in [2.24, 2.45) is 0 Å². The van der Waals surface area contributed by atoms with Crippen LogP contribution in [0.25, 0.3) is 22.3 Å². The number of hydrogen-bond donors (Lipinski definition) is 0. The highest BCUT2D eigenvalue weighted by Crippen LogP contribution is 2.46. The van der Waals surface area contributed by atoms with Gasteiger partial charge in [-0.15, -0.1) is 0 Å². The van der Waals surface area contributed by atoms with Gasteiger partial charge in [-0.05, 0) is 122 Å². The largest absolute Gasteiger partial charge is 0.339 e. The van der Waals surface area contributed by atoms with Gasteiger partial charge in [0.15, 0.2) is 0 Å². The monoisotopic (exact) mass is 718 g/mol. The van der Waals surface area contributed by atoms with Crippen LogP contribution < -0.4 is 26.2 Å². The van der Waals surface area contributed by atoms with Crippen LogP contribution in [0.1, 0.15) is 104 Å². The van der Waals surface area contributed by atoms with E-state index in [1.54, 1.807) is 0 Å². The van der Waals surface area contributed by atoms with E-state index < -0.39 is 0 Å². The minimum atomic E-state index is 0.111. The molecule has 0 spiro atoms. The van der Waals surface area contributed by atoms with E-state index >= 15 is 0 Å². The van der Waals surface area contributed by atoms with Gasteiger partial charge in [0, 0.05) is 34.5 Å². The van der Waals surface area contributed by atoms with Crippen molar-refractivity contribution < 1.29 is 0 Å². The second-order valence-electron chi connectivity index (χ2n) is 18.6. The predicted octanol–water partition coefficient (Wildman–Crippen LogP) is 12.4. The van der Waals surface area contributed by atoms with Crippen LogP contribution in [0.5, 0.6) is 0 Å². The molecular formula is C52H55BN2. The number of nitrogens with zero attached hydrogens (tertiary/aromatic N) is 2. The van der Waals surface area contributed by atoms with Crippen LogP contribution in [-0.4, -0.2) is 12.8 Å². The third-order valence-electron chi connectivity index (χ3n) is 12.8. The molecule has 0 fully saturated rings. The molecule has 6 aromatic carbocycles. The molecule has 0 amide bonds. The average Bonchev–Trinajstić information content (AvgIpc) is 3.24. The molecule has 2 atom stereocenters. The van der Waals surface area contributed by atoms with E-state index in [2.05, 4.69) is 193 Å². The highest BCUT2D eigenvalue weighted by atomic mass is 15.2. The molecule has 0 aliphatic carbocycles. The molecule has 3 heterocycles. The van der Waals surface area contributed by atoms with Crippen molar-refractivity contribution in [1.82, 2.24) is 0 Å². The molecule has 0 radical (unpaired) electrons. The Balaban J connectivity index is 1.27. The Morgan fingerprint density at radius 3 is 1.78 bits per heavy atom. The molecule has 3 heteroatoms. The second-order valence-corrected chi connectivity index (χ2v) is 18.6. The Kier molecular flexibility index (Phi) is 8.65. The molecule has 3 aliphatic rings. The number of anilines is 5. The van der Waals surface area contributed by atoms with Crippen molar-refractivity contribution in [3.8, 4) is 22.3 Å². The van der Waals surface area contributed by atoms with Gasteiger partial charge in [0.1, 0.15) is 0 Å². The predicted molar refractivity (Wildman–Crippen MR) is 239 cm³/mol.